The standard InChI is InChI=1S/C23H23N5O3/c1-15-10-19(27(3)25-15)23(29)28(12-16-8-9-20-21(11-16)31-14-30-20)13-22-24-17-6-4-5-7-18(17)26(22)2/h4-11H,12-14H2,1-3H3. The minimum Gasteiger partial charge on any atom is -0.454 e. The zero-order chi connectivity index (χ0) is 21.5. The molecule has 0 atom stereocenters. The van der Waals surface area contributed by atoms with Gasteiger partial charge in [0, 0.05) is 20.6 Å². The molecule has 0 spiro atoms. The van der Waals surface area contributed by atoms with Gasteiger partial charge in [-0.3, -0.25) is 9.48 Å². The van der Waals surface area contributed by atoms with Gasteiger partial charge in [-0.15, -0.1) is 0 Å². The molecule has 8 nitrogen and oxygen atoms in total. The highest BCUT2D eigenvalue weighted by Gasteiger charge is 2.23. The normalized spacial score (nSPS) is 12.5. The van der Waals surface area contributed by atoms with Crippen molar-refractivity contribution in [2.75, 3.05) is 6.79 Å². The van der Waals surface area contributed by atoms with Crippen LogP contribution < -0.4 is 9.47 Å². The molecule has 1 aliphatic rings. The van der Waals surface area contributed by atoms with Crippen molar-refractivity contribution >= 4 is 16.9 Å². The van der Waals surface area contributed by atoms with Crippen LogP contribution in [0.4, 0.5) is 0 Å². The lowest BCUT2D eigenvalue weighted by atomic mass is 10.1. The van der Waals surface area contributed by atoms with E-state index in [1.54, 1.807) is 16.6 Å². The van der Waals surface area contributed by atoms with Gasteiger partial charge in [-0.2, -0.15) is 5.10 Å². The fraction of sp³-hybridized carbons (Fsp3) is 0.261. The summed E-state index contributed by atoms with van der Waals surface area (Å²) in [4.78, 5) is 20.1. The third-order valence-electron chi connectivity index (χ3n) is 5.53. The summed E-state index contributed by atoms with van der Waals surface area (Å²) >= 11 is 0. The Labute approximate surface area is 179 Å². The molecule has 2 aromatic heterocycles. The van der Waals surface area contributed by atoms with E-state index in [0.717, 1.165) is 33.9 Å². The molecule has 4 aromatic rings. The number of hydrogen-bond donors (Lipinski definition) is 0. The minimum absolute atomic E-state index is 0.104. The van der Waals surface area contributed by atoms with E-state index in [0.29, 0.717) is 24.5 Å². The molecule has 0 bridgehead atoms. The first-order chi connectivity index (χ1) is 15.0. The maximum Gasteiger partial charge on any atom is 0.272 e. The number of hydrogen-bond acceptors (Lipinski definition) is 5. The molecule has 1 aliphatic heterocycles. The Morgan fingerprint density at radius 1 is 1.06 bits per heavy atom. The topological polar surface area (TPSA) is 74.4 Å². The maximum absolute atomic E-state index is 13.5. The predicted octanol–water partition coefficient (Wildman–Crippen LogP) is 3.19. The summed E-state index contributed by atoms with van der Waals surface area (Å²) in [6.45, 7) is 2.87. The second-order valence-corrected chi connectivity index (χ2v) is 7.72. The molecule has 0 aliphatic carbocycles. The molecule has 8 heteroatoms. The largest absolute Gasteiger partial charge is 0.454 e. The average Bonchev–Trinajstić information content (AvgIpc) is 3.44. The summed E-state index contributed by atoms with van der Waals surface area (Å²) in [5, 5.41) is 4.34. The smallest absolute Gasteiger partial charge is 0.272 e. The highest BCUT2D eigenvalue weighted by Crippen LogP contribution is 2.33. The number of amides is 1. The van der Waals surface area contributed by atoms with Crippen molar-refractivity contribution in [3.63, 3.8) is 0 Å². The van der Waals surface area contributed by atoms with E-state index in [4.69, 9.17) is 14.5 Å². The number of nitrogens with zero attached hydrogens (tertiary/aromatic N) is 5. The predicted molar refractivity (Wildman–Crippen MR) is 115 cm³/mol. The van der Waals surface area contributed by atoms with Crippen molar-refractivity contribution in [2.45, 2.75) is 20.0 Å². The van der Waals surface area contributed by atoms with Gasteiger partial charge in [0.1, 0.15) is 11.5 Å². The fourth-order valence-corrected chi connectivity index (χ4v) is 3.94. The number of aromatic nitrogens is 4. The number of benzene rings is 2. The Kier molecular flexibility index (Phi) is 4.62. The third kappa shape index (κ3) is 3.50. The number of aryl methyl sites for hydroxylation is 3. The Morgan fingerprint density at radius 2 is 1.87 bits per heavy atom. The summed E-state index contributed by atoms with van der Waals surface area (Å²) in [5.74, 6) is 2.13. The van der Waals surface area contributed by atoms with Crippen molar-refractivity contribution < 1.29 is 14.3 Å². The summed E-state index contributed by atoms with van der Waals surface area (Å²) in [6.07, 6.45) is 0. The Hall–Kier alpha value is -3.81. The van der Waals surface area contributed by atoms with Crippen LogP contribution in [-0.4, -0.2) is 36.9 Å². The quantitative estimate of drug-likeness (QED) is 0.499. The van der Waals surface area contributed by atoms with Crippen LogP contribution in [0.5, 0.6) is 11.5 Å². The van der Waals surface area contributed by atoms with E-state index >= 15 is 0 Å². The minimum atomic E-state index is -0.104. The van der Waals surface area contributed by atoms with Crippen LogP contribution >= 0.6 is 0 Å². The van der Waals surface area contributed by atoms with Crippen LogP contribution in [0, 0.1) is 6.92 Å². The number of carbonyl (C=O) groups excluding carboxylic acids is 1. The zero-order valence-corrected chi connectivity index (χ0v) is 17.7. The van der Waals surface area contributed by atoms with E-state index in [2.05, 4.69) is 5.10 Å². The summed E-state index contributed by atoms with van der Waals surface area (Å²) < 4.78 is 14.6. The molecule has 3 heterocycles. The Balaban J connectivity index is 1.50. The van der Waals surface area contributed by atoms with Crippen molar-refractivity contribution in [3.05, 3.63) is 71.3 Å². The van der Waals surface area contributed by atoms with Crippen LogP contribution in [0.15, 0.2) is 48.5 Å². The maximum atomic E-state index is 13.5. The number of fused-ring (bicyclic) bond motifs is 2. The number of para-hydroxylation sites is 2. The molecule has 5 rings (SSSR count). The molecule has 0 radical (unpaired) electrons. The molecule has 0 unspecified atom stereocenters. The Morgan fingerprint density at radius 3 is 2.65 bits per heavy atom. The van der Waals surface area contributed by atoms with Crippen molar-refractivity contribution in [3.8, 4) is 11.5 Å². The molecule has 0 saturated carbocycles. The molecular formula is C23H23N5O3. The van der Waals surface area contributed by atoms with E-state index in [1.165, 1.54) is 0 Å². The first-order valence-corrected chi connectivity index (χ1v) is 10.1. The third-order valence-corrected chi connectivity index (χ3v) is 5.53. The molecule has 0 N–H and O–H groups in total. The van der Waals surface area contributed by atoms with Crippen molar-refractivity contribution in [2.24, 2.45) is 14.1 Å². The average molecular weight is 417 g/mol. The first kappa shape index (κ1) is 19.2. The van der Waals surface area contributed by atoms with E-state index < -0.39 is 0 Å². The lowest BCUT2D eigenvalue weighted by Crippen LogP contribution is -2.32. The van der Waals surface area contributed by atoms with Crippen LogP contribution in [0.2, 0.25) is 0 Å². The van der Waals surface area contributed by atoms with Crippen molar-refractivity contribution in [1.82, 2.24) is 24.2 Å². The highest BCUT2D eigenvalue weighted by molar-refractivity contribution is 5.92. The summed E-state index contributed by atoms with van der Waals surface area (Å²) in [7, 11) is 3.76. The van der Waals surface area contributed by atoms with Crippen LogP contribution in [0.25, 0.3) is 11.0 Å². The van der Waals surface area contributed by atoms with Crippen LogP contribution in [0.3, 0.4) is 0 Å². The number of ether oxygens (including phenoxy) is 2. The van der Waals surface area contributed by atoms with Gasteiger partial charge in [-0.05, 0) is 42.8 Å². The molecule has 1 amide bonds. The van der Waals surface area contributed by atoms with Crippen LogP contribution in [-0.2, 0) is 27.2 Å². The summed E-state index contributed by atoms with van der Waals surface area (Å²) in [5.41, 5.74) is 4.24. The van der Waals surface area contributed by atoms with Gasteiger partial charge < -0.3 is 18.9 Å². The lowest BCUT2D eigenvalue weighted by molar-refractivity contribution is 0.0713. The number of rotatable bonds is 5. The second kappa shape index (κ2) is 7.46. The monoisotopic (exact) mass is 417 g/mol. The molecule has 0 saturated heterocycles. The van der Waals surface area contributed by atoms with Crippen molar-refractivity contribution in [1.29, 1.82) is 0 Å². The fourth-order valence-electron chi connectivity index (χ4n) is 3.94. The zero-order valence-electron chi connectivity index (χ0n) is 17.7. The molecule has 0 fully saturated rings. The van der Waals surface area contributed by atoms with Gasteiger partial charge in [-0.25, -0.2) is 4.98 Å². The SMILES string of the molecule is Cc1cc(C(=O)N(Cc2ccc3c(c2)OCO3)Cc2nc3ccccc3n2C)n(C)n1. The number of imidazole rings is 1. The lowest BCUT2D eigenvalue weighted by Gasteiger charge is -2.23. The van der Waals surface area contributed by atoms with E-state index in [1.807, 2.05) is 67.1 Å². The van der Waals surface area contributed by atoms with Gasteiger partial charge in [0.05, 0.1) is 23.3 Å². The van der Waals surface area contributed by atoms with Gasteiger partial charge in [0.15, 0.2) is 11.5 Å². The van der Waals surface area contributed by atoms with E-state index in [-0.39, 0.29) is 12.7 Å². The van der Waals surface area contributed by atoms with Gasteiger partial charge >= 0.3 is 0 Å². The van der Waals surface area contributed by atoms with Gasteiger partial charge in [-0.1, -0.05) is 18.2 Å². The second-order valence-electron chi connectivity index (χ2n) is 7.72. The van der Waals surface area contributed by atoms with E-state index in [9.17, 15) is 4.79 Å². The Bertz CT molecular complexity index is 1290. The van der Waals surface area contributed by atoms with Gasteiger partial charge in [0.2, 0.25) is 6.79 Å². The summed E-state index contributed by atoms with van der Waals surface area (Å²) in [6, 6.07) is 15.5. The highest BCUT2D eigenvalue weighted by atomic mass is 16.7. The van der Waals surface area contributed by atoms with Crippen LogP contribution in [0.1, 0.15) is 27.6 Å². The first-order valence-electron chi connectivity index (χ1n) is 10.1. The molecular weight excluding hydrogens is 394 g/mol. The molecule has 31 heavy (non-hydrogen) atoms. The molecule has 2 aromatic carbocycles. The number of carbonyl (C=O) groups is 1. The molecule has 158 valence electrons. The van der Waals surface area contributed by atoms with Gasteiger partial charge in [0.25, 0.3) is 5.91 Å².